The number of hydrogen-bond acceptors (Lipinski definition) is 4. The highest BCUT2D eigenvalue weighted by Crippen LogP contribution is 2.26. The number of carbonyl (C=O) groups is 3. The Morgan fingerprint density at radius 3 is 2.08 bits per heavy atom. The molecule has 2 unspecified atom stereocenters. The van der Waals surface area contributed by atoms with Crippen LogP contribution in [0.4, 0.5) is 4.39 Å². The van der Waals surface area contributed by atoms with Crippen LogP contribution in [0.1, 0.15) is 69.8 Å². The molecule has 1 aromatic rings. The van der Waals surface area contributed by atoms with Gasteiger partial charge in [-0.05, 0) is 81.5 Å². The van der Waals surface area contributed by atoms with Crippen molar-refractivity contribution in [3.05, 3.63) is 101 Å². The lowest BCUT2D eigenvalue weighted by molar-refractivity contribution is -0.104. The fourth-order valence-corrected chi connectivity index (χ4v) is 3.20. The minimum Gasteiger partial charge on any atom is -0.359 e. The number of hydrogen-bond donors (Lipinski definition) is 1. The summed E-state index contributed by atoms with van der Waals surface area (Å²) in [5, 5.41) is 2.10. The number of nitrogens with one attached hydrogen (secondary N) is 1. The van der Waals surface area contributed by atoms with Gasteiger partial charge in [0.25, 0.3) is 5.91 Å². The summed E-state index contributed by atoms with van der Waals surface area (Å²) in [6.45, 7) is 21.1. The van der Waals surface area contributed by atoms with E-state index in [0.717, 1.165) is 48.0 Å². The van der Waals surface area contributed by atoms with Crippen LogP contribution in [-0.2, 0) is 9.59 Å². The van der Waals surface area contributed by atoms with Gasteiger partial charge in [-0.2, -0.15) is 0 Å². The number of nitrogens with zero attached hydrogens (tertiary/aromatic N) is 1. The molecule has 40 heavy (non-hydrogen) atoms. The molecule has 0 aromatic heterocycles. The molecule has 0 aliphatic heterocycles. The van der Waals surface area contributed by atoms with E-state index >= 15 is 0 Å². The van der Waals surface area contributed by atoms with E-state index in [0.29, 0.717) is 24.4 Å². The van der Waals surface area contributed by atoms with Crippen LogP contribution in [0.2, 0.25) is 0 Å². The smallest absolute Gasteiger partial charge is 0.253 e. The topological polar surface area (TPSA) is 66.5 Å². The summed E-state index contributed by atoms with van der Waals surface area (Å²) in [6, 6.07) is 7.57. The number of allylic oxidation sites excluding steroid dienone is 7. The molecule has 1 amide bonds. The number of rotatable bonds is 14. The Bertz CT molecular complexity index is 1040. The standard InChI is InChI=1S/C29H38N2O2.C2H7FP2.CH2O/c1-7-11-13-28(20-21-32)30-24(6)27(12-8-2)22-23(5)14-15-25-16-18-26(19-17-25)29(33)31(9-3)10-4;1-2(3,4)5;1-2/h8,12,14-22,30H,5-7,9-11,13H2,1-4H3;4-5H2,1H3;1H2/b12-8-,15-14+,27-22+,28-20+;;. The average molecular weight is 589 g/mol. The van der Waals surface area contributed by atoms with Crippen molar-refractivity contribution in [2.24, 2.45) is 0 Å². The van der Waals surface area contributed by atoms with Crippen molar-refractivity contribution >= 4 is 43.5 Å². The highest BCUT2D eigenvalue weighted by molar-refractivity contribution is 7.39. The second kappa shape index (κ2) is 22.8. The number of carbonyl (C=O) groups excluding carboxylic acids is 3. The predicted octanol–water partition coefficient (Wildman–Crippen LogP) is 7.81. The van der Waals surface area contributed by atoms with E-state index in [2.05, 4.69) is 25.4 Å². The molecule has 0 spiro atoms. The first-order valence-corrected chi connectivity index (χ1v) is 14.3. The first-order chi connectivity index (χ1) is 18.9. The largest absolute Gasteiger partial charge is 0.359 e. The van der Waals surface area contributed by atoms with E-state index in [9.17, 15) is 14.0 Å². The Kier molecular flexibility index (Phi) is 22.4. The second-order valence-electron chi connectivity index (χ2n) is 8.79. The molecule has 5 nitrogen and oxygen atoms in total. The van der Waals surface area contributed by atoms with E-state index in [1.165, 1.54) is 6.92 Å². The van der Waals surface area contributed by atoms with Crippen LogP contribution < -0.4 is 5.32 Å². The quantitative estimate of drug-likeness (QED) is 0.104. The predicted molar refractivity (Wildman–Crippen MR) is 177 cm³/mol. The Morgan fingerprint density at radius 1 is 1.07 bits per heavy atom. The highest BCUT2D eigenvalue weighted by Gasteiger charge is 2.11. The third-order valence-corrected chi connectivity index (χ3v) is 5.11. The van der Waals surface area contributed by atoms with Gasteiger partial charge < -0.3 is 15.0 Å². The van der Waals surface area contributed by atoms with Gasteiger partial charge in [0.15, 0.2) is 0 Å². The summed E-state index contributed by atoms with van der Waals surface area (Å²) >= 11 is 0. The second-order valence-corrected chi connectivity index (χ2v) is 11.7. The van der Waals surface area contributed by atoms with Crippen molar-refractivity contribution in [3.63, 3.8) is 0 Å². The van der Waals surface area contributed by atoms with Gasteiger partial charge in [-0.3, -0.25) is 9.59 Å². The Balaban J connectivity index is 0. The molecular weight excluding hydrogens is 541 g/mol. The van der Waals surface area contributed by atoms with Crippen LogP contribution in [0.5, 0.6) is 0 Å². The maximum Gasteiger partial charge on any atom is 0.253 e. The molecule has 1 aromatic carbocycles. The molecule has 0 aliphatic carbocycles. The molecule has 220 valence electrons. The van der Waals surface area contributed by atoms with Crippen molar-refractivity contribution in [3.8, 4) is 0 Å². The fraction of sp³-hybridized carbons (Fsp3) is 0.344. The summed E-state index contributed by atoms with van der Waals surface area (Å²) < 4.78 is 11.6. The molecule has 1 N–H and O–H groups in total. The zero-order chi connectivity index (χ0) is 31.1. The minimum atomic E-state index is -1.17. The van der Waals surface area contributed by atoms with Crippen molar-refractivity contribution in [1.29, 1.82) is 0 Å². The number of aldehydes is 1. The summed E-state index contributed by atoms with van der Waals surface area (Å²) in [7, 11) is 4.02. The van der Waals surface area contributed by atoms with E-state index in [-0.39, 0.29) is 5.91 Å². The fourth-order valence-electron chi connectivity index (χ4n) is 3.20. The highest BCUT2D eigenvalue weighted by atomic mass is 31.1. The number of halogens is 1. The van der Waals surface area contributed by atoms with E-state index < -0.39 is 5.15 Å². The lowest BCUT2D eigenvalue weighted by Gasteiger charge is -2.18. The van der Waals surface area contributed by atoms with Crippen LogP contribution in [0.3, 0.4) is 0 Å². The van der Waals surface area contributed by atoms with Gasteiger partial charge in [-0.15, -0.1) is 0 Å². The average Bonchev–Trinajstić information content (AvgIpc) is 2.91. The van der Waals surface area contributed by atoms with E-state index in [1.807, 2.05) is 101 Å². The third kappa shape index (κ3) is 19.2. The minimum absolute atomic E-state index is 0.0480. The van der Waals surface area contributed by atoms with Gasteiger partial charge in [0.2, 0.25) is 0 Å². The summed E-state index contributed by atoms with van der Waals surface area (Å²) in [6.07, 6.45) is 14.9. The summed E-state index contributed by atoms with van der Waals surface area (Å²) in [5.41, 5.74) is 4.94. The molecule has 0 heterocycles. The monoisotopic (exact) mass is 588 g/mol. The summed E-state index contributed by atoms with van der Waals surface area (Å²) in [5.74, 6) is 0.0480. The van der Waals surface area contributed by atoms with Crippen molar-refractivity contribution in [2.45, 2.75) is 59.0 Å². The number of unbranched alkanes of at least 4 members (excludes halogenated alkanes) is 1. The zero-order valence-electron chi connectivity index (χ0n) is 24.7. The van der Waals surface area contributed by atoms with Crippen molar-refractivity contribution in [1.82, 2.24) is 10.2 Å². The first-order valence-electron chi connectivity index (χ1n) is 13.2. The molecule has 2 atom stereocenters. The molecular formula is C32H47FN2O3P2. The van der Waals surface area contributed by atoms with Crippen molar-refractivity contribution in [2.75, 3.05) is 13.1 Å². The van der Waals surface area contributed by atoms with E-state index in [1.54, 1.807) is 11.0 Å². The van der Waals surface area contributed by atoms with Crippen LogP contribution in [-0.4, -0.2) is 42.1 Å². The first kappa shape index (κ1) is 39.2. The van der Waals surface area contributed by atoms with Gasteiger partial charge >= 0.3 is 0 Å². The Morgan fingerprint density at radius 2 is 1.62 bits per heavy atom. The van der Waals surface area contributed by atoms with Gasteiger partial charge in [0.05, 0.1) is 0 Å². The van der Waals surface area contributed by atoms with Crippen molar-refractivity contribution < 1.29 is 18.8 Å². The SMILES string of the molecule is C=C(/C=C/c1ccc(C(=O)N(CC)CC)cc1)/C=C(\C=C/C)C(=C)N/C(=C/C=O)CCCC.C=O.CC(F)(P)P. The number of benzene rings is 1. The molecule has 1 rings (SSSR count). The van der Waals surface area contributed by atoms with E-state index in [4.69, 9.17) is 4.79 Å². The van der Waals surface area contributed by atoms with Gasteiger partial charge in [0.1, 0.15) is 18.2 Å². The van der Waals surface area contributed by atoms with Crippen LogP contribution in [0, 0.1) is 0 Å². The molecule has 0 radical (unpaired) electrons. The Hall–Kier alpha value is -2.94. The molecule has 8 heteroatoms. The Labute approximate surface area is 245 Å². The lowest BCUT2D eigenvalue weighted by atomic mass is 10.1. The lowest BCUT2D eigenvalue weighted by Crippen LogP contribution is -2.30. The van der Waals surface area contributed by atoms with Crippen LogP contribution >= 0.6 is 18.5 Å². The number of alkyl halides is 1. The zero-order valence-corrected chi connectivity index (χ0v) is 27.0. The normalized spacial score (nSPS) is 11.7. The van der Waals surface area contributed by atoms with Crippen LogP contribution in [0.15, 0.2) is 90.3 Å². The molecule has 0 saturated carbocycles. The van der Waals surface area contributed by atoms with Gasteiger partial charge in [-0.25, -0.2) is 4.39 Å². The maximum atomic E-state index is 12.4. The molecule has 0 saturated heterocycles. The third-order valence-electron chi connectivity index (χ3n) is 5.11. The summed E-state index contributed by atoms with van der Waals surface area (Å²) in [4.78, 5) is 33.2. The van der Waals surface area contributed by atoms with Gasteiger partial charge in [0, 0.05) is 30.0 Å². The number of amides is 1. The molecule has 0 fully saturated rings. The maximum absolute atomic E-state index is 12.4. The molecule has 0 bridgehead atoms. The van der Waals surface area contributed by atoms with Gasteiger partial charge in [-0.1, -0.05) is 81.4 Å². The molecule has 0 aliphatic rings. The van der Waals surface area contributed by atoms with Crippen LogP contribution in [0.25, 0.3) is 6.08 Å².